The van der Waals surface area contributed by atoms with Crippen molar-refractivity contribution in [1.29, 1.82) is 0 Å². The Morgan fingerprint density at radius 1 is 1.26 bits per heavy atom. The van der Waals surface area contributed by atoms with Gasteiger partial charge in [-0.2, -0.15) is 0 Å². The Morgan fingerprint density at radius 2 is 1.89 bits per heavy atom. The first-order valence-corrected chi connectivity index (χ1v) is 6.98. The fraction of sp³-hybridized carbons (Fsp3) is 0.625. The van der Waals surface area contributed by atoms with E-state index in [2.05, 4.69) is 39.1 Å². The summed E-state index contributed by atoms with van der Waals surface area (Å²) in [6.07, 6.45) is 1.06. The molecule has 2 atom stereocenters. The minimum Gasteiger partial charge on any atom is -0.496 e. The second kappa shape index (κ2) is 6.92. The number of methoxy groups -OCH3 is 1. The summed E-state index contributed by atoms with van der Waals surface area (Å²) in [5, 5.41) is 3.43. The lowest BCUT2D eigenvalue weighted by Gasteiger charge is -2.25. The monoisotopic (exact) mass is 264 g/mol. The number of aryl methyl sites for hydroxylation is 1. The Bertz CT molecular complexity index is 429. The number of nitrogens with two attached hydrogens (primary N) is 1. The molecule has 3 heteroatoms. The van der Waals surface area contributed by atoms with Gasteiger partial charge in [0.05, 0.1) is 7.11 Å². The van der Waals surface area contributed by atoms with Gasteiger partial charge in [-0.15, -0.1) is 0 Å². The average molecular weight is 264 g/mol. The van der Waals surface area contributed by atoms with Crippen LogP contribution in [0.4, 0.5) is 0 Å². The summed E-state index contributed by atoms with van der Waals surface area (Å²) >= 11 is 0. The van der Waals surface area contributed by atoms with Gasteiger partial charge >= 0.3 is 0 Å². The molecule has 1 aromatic rings. The van der Waals surface area contributed by atoms with E-state index in [0.29, 0.717) is 12.0 Å². The van der Waals surface area contributed by atoms with Crippen LogP contribution in [0.15, 0.2) is 6.07 Å². The number of hydrogen-bond acceptors (Lipinski definition) is 3. The van der Waals surface area contributed by atoms with Crippen molar-refractivity contribution in [2.75, 3.05) is 20.7 Å². The van der Waals surface area contributed by atoms with E-state index in [4.69, 9.17) is 10.5 Å². The van der Waals surface area contributed by atoms with Gasteiger partial charge in [0.15, 0.2) is 0 Å². The first kappa shape index (κ1) is 16.0. The van der Waals surface area contributed by atoms with Gasteiger partial charge < -0.3 is 15.8 Å². The topological polar surface area (TPSA) is 47.3 Å². The second-order valence-corrected chi connectivity index (χ2v) is 5.48. The van der Waals surface area contributed by atoms with Crippen LogP contribution in [0.3, 0.4) is 0 Å². The van der Waals surface area contributed by atoms with Crippen molar-refractivity contribution in [2.45, 2.75) is 40.2 Å². The maximum atomic E-state index is 5.76. The summed E-state index contributed by atoms with van der Waals surface area (Å²) in [5.74, 6) is 1.49. The fourth-order valence-corrected chi connectivity index (χ4v) is 2.69. The zero-order valence-electron chi connectivity index (χ0n) is 13.1. The van der Waals surface area contributed by atoms with E-state index in [0.717, 1.165) is 18.7 Å². The maximum absolute atomic E-state index is 5.76. The van der Waals surface area contributed by atoms with Crippen molar-refractivity contribution in [1.82, 2.24) is 5.32 Å². The molecule has 0 saturated carbocycles. The highest BCUT2D eigenvalue weighted by atomic mass is 16.5. The third-order valence-corrected chi connectivity index (χ3v) is 4.07. The van der Waals surface area contributed by atoms with Gasteiger partial charge in [-0.1, -0.05) is 6.92 Å². The molecule has 0 heterocycles. The molecular weight excluding hydrogens is 236 g/mol. The molecule has 0 aromatic heterocycles. The van der Waals surface area contributed by atoms with E-state index in [1.807, 2.05) is 7.05 Å². The van der Waals surface area contributed by atoms with Gasteiger partial charge in [-0.25, -0.2) is 0 Å². The van der Waals surface area contributed by atoms with E-state index in [1.54, 1.807) is 7.11 Å². The first-order chi connectivity index (χ1) is 8.96. The Hall–Kier alpha value is -1.06. The predicted octanol–water partition coefficient (Wildman–Crippen LogP) is 2.87. The summed E-state index contributed by atoms with van der Waals surface area (Å²) in [7, 11) is 3.75. The molecule has 3 N–H and O–H groups in total. The van der Waals surface area contributed by atoms with Crippen LogP contribution >= 0.6 is 0 Å². The molecular formula is C16H28N2O. The van der Waals surface area contributed by atoms with Gasteiger partial charge in [0.1, 0.15) is 5.75 Å². The third kappa shape index (κ3) is 3.48. The van der Waals surface area contributed by atoms with Crippen LogP contribution in [0.1, 0.15) is 41.6 Å². The molecule has 0 radical (unpaired) electrons. The molecule has 3 nitrogen and oxygen atoms in total. The van der Waals surface area contributed by atoms with Crippen LogP contribution in [-0.4, -0.2) is 20.7 Å². The molecule has 0 aliphatic carbocycles. The molecule has 0 fully saturated rings. The van der Waals surface area contributed by atoms with E-state index < -0.39 is 0 Å². The summed E-state index contributed by atoms with van der Waals surface area (Å²) in [6, 6.07) is 2.48. The molecule has 19 heavy (non-hydrogen) atoms. The molecule has 108 valence electrons. The maximum Gasteiger partial charge on any atom is 0.122 e. The smallest absolute Gasteiger partial charge is 0.122 e. The Morgan fingerprint density at radius 3 is 2.37 bits per heavy atom. The highest BCUT2D eigenvalue weighted by Gasteiger charge is 2.19. The van der Waals surface area contributed by atoms with Gasteiger partial charge in [-0.05, 0) is 75.0 Å². The van der Waals surface area contributed by atoms with Gasteiger partial charge in [0, 0.05) is 6.04 Å². The largest absolute Gasteiger partial charge is 0.496 e. The SMILES string of the molecule is CNC(CC(C)CN)c1c(C)cc(OC)c(C)c1C. The molecule has 0 aliphatic rings. The van der Waals surface area contributed by atoms with Crippen molar-refractivity contribution >= 4 is 0 Å². The van der Waals surface area contributed by atoms with Crippen LogP contribution in [-0.2, 0) is 0 Å². The van der Waals surface area contributed by atoms with Crippen molar-refractivity contribution in [3.05, 3.63) is 28.3 Å². The fourth-order valence-electron chi connectivity index (χ4n) is 2.69. The Kier molecular flexibility index (Phi) is 5.83. The number of ether oxygens (including phenoxy) is 1. The van der Waals surface area contributed by atoms with Crippen molar-refractivity contribution < 1.29 is 4.74 Å². The van der Waals surface area contributed by atoms with Gasteiger partial charge in [0.25, 0.3) is 0 Å². The minimum absolute atomic E-state index is 0.350. The molecule has 0 bridgehead atoms. The quantitative estimate of drug-likeness (QED) is 0.830. The van der Waals surface area contributed by atoms with Crippen molar-refractivity contribution in [2.24, 2.45) is 11.7 Å². The lowest BCUT2D eigenvalue weighted by molar-refractivity contribution is 0.408. The van der Waals surface area contributed by atoms with E-state index in [1.165, 1.54) is 22.3 Å². The molecule has 1 rings (SSSR count). The number of rotatable bonds is 6. The highest BCUT2D eigenvalue weighted by Crippen LogP contribution is 2.33. The standard InChI is InChI=1S/C16H28N2O/c1-10(9-17)7-14(18-5)16-11(2)8-15(19-6)12(3)13(16)4/h8,10,14,18H,7,9,17H2,1-6H3. The summed E-state index contributed by atoms with van der Waals surface area (Å²) in [4.78, 5) is 0. The number of benzene rings is 1. The molecule has 0 amide bonds. The lowest BCUT2D eigenvalue weighted by Crippen LogP contribution is -2.24. The zero-order chi connectivity index (χ0) is 14.6. The summed E-state index contributed by atoms with van der Waals surface area (Å²) in [6.45, 7) is 9.38. The van der Waals surface area contributed by atoms with Crippen LogP contribution in [0.2, 0.25) is 0 Å². The third-order valence-electron chi connectivity index (χ3n) is 4.07. The predicted molar refractivity (Wildman–Crippen MR) is 81.8 cm³/mol. The van der Waals surface area contributed by atoms with E-state index >= 15 is 0 Å². The van der Waals surface area contributed by atoms with Gasteiger partial charge in [-0.3, -0.25) is 0 Å². The van der Waals surface area contributed by atoms with Gasteiger partial charge in [0.2, 0.25) is 0 Å². The number of hydrogen-bond donors (Lipinski definition) is 2. The average Bonchev–Trinajstić information content (AvgIpc) is 2.41. The molecule has 0 aliphatic heterocycles. The molecule has 0 saturated heterocycles. The van der Waals surface area contributed by atoms with Crippen LogP contribution < -0.4 is 15.8 Å². The summed E-state index contributed by atoms with van der Waals surface area (Å²) < 4.78 is 5.44. The molecule has 0 spiro atoms. The second-order valence-electron chi connectivity index (χ2n) is 5.48. The normalized spacial score (nSPS) is 14.3. The van der Waals surface area contributed by atoms with Crippen molar-refractivity contribution in [3.63, 3.8) is 0 Å². The van der Waals surface area contributed by atoms with Crippen LogP contribution in [0.5, 0.6) is 5.75 Å². The number of nitrogens with one attached hydrogen (secondary N) is 1. The van der Waals surface area contributed by atoms with E-state index in [-0.39, 0.29) is 0 Å². The first-order valence-electron chi connectivity index (χ1n) is 6.98. The lowest BCUT2D eigenvalue weighted by atomic mass is 9.88. The molecule has 1 aromatic carbocycles. The van der Waals surface area contributed by atoms with E-state index in [9.17, 15) is 0 Å². The summed E-state index contributed by atoms with van der Waals surface area (Å²) in [5.41, 5.74) is 11.0. The van der Waals surface area contributed by atoms with Crippen LogP contribution in [0.25, 0.3) is 0 Å². The highest BCUT2D eigenvalue weighted by molar-refractivity contribution is 5.49. The zero-order valence-corrected chi connectivity index (χ0v) is 13.1. The van der Waals surface area contributed by atoms with Crippen molar-refractivity contribution in [3.8, 4) is 5.75 Å². The van der Waals surface area contributed by atoms with Crippen LogP contribution in [0, 0.1) is 26.7 Å². The Labute approximate surface area is 117 Å². The molecule has 2 unspecified atom stereocenters. The minimum atomic E-state index is 0.350. The Balaban J connectivity index is 3.20.